The van der Waals surface area contributed by atoms with Crippen molar-refractivity contribution in [2.75, 3.05) is 5.32 Å². The van der Waals surface area contributed by atoms with Crippen LogP contribution in [0.5, 0.6) is 0 Å². The summed E-state index contributed by atoms with van der Waals surface area (Å²) in [6.45, 7) is 1.39. The average Bonchev–Trinajstić information content (AvgIpc) is 2.17. The highest BCUT2D eigenvalue weighted by Crippen LogP contribution is 2.15. The van der Waals surface area contributed by atoms with E-state index < -0.39 is 0 Å². The van der Waals surface area contributed by atoms with Crippen molar-refractivity contribution in [3.63, 3.8) is 0 Å². The third-order valence-electron chi connectivity index (χ3n) is 1.49. The SMILES string of the molecule is CC(=O)Nc1ccc(/[N+]([O-])=N/O)cc1. The highest BCUT2D eigenvalue weighted by atomic mass is 16.6. The first kappa shape index (κ1) is 9.97. The smallest absolute Gasteiger partial charge is 0.248 e. The zero-order chi connectivity index (χ0) is 10.6. The fourth-order valence-corrected chi connectivity index (χ4v) is 0.927. The van der Waals surface area contributed by atoms with E-state index >= 15 is 0 Å². The average molecular weight is 195 g/mol. The van der Waals surface area contributed by atoms with Crippen LogP contribution in [0.4, 0.5) is 11.4 Å². The molecule has 6 nitrogen and oxygen atoms in total. The number of benzene rings is 1. The fourth-order valence-electron chi connectivity index (χ4n) is 0.927. The lowest BCUT2D eigenvalue weighted by Crippen LogP contribution is -2.05. The molecular formula is C8H9N3O3. The quantitative estimate of drug-likeness (QED) is 0.427. The normalized spacial score (nSPS) is 11.1. The van der Waals surface area contributed by atoms with E-state index in [0.717, 1.165) is 0 Å². The number of hydrogen-bond acceptors (Lipinski definition) is 3. The predicted molar refractivity (Wildman–Crippen MR) is 48.2 cm³/mol. The number of amides is 1. The number of rotatable bonds is 2. The molecule has 0 aromatic heterocycles. The van der Waals surface area contributed by atoms with Crippen LogP contribution in [-0.4, -0.2) is 16.0 Å². The zero-order valence-electron chi connectivity index (χ0n) is 7.47. The molecule has 0 bridgehead atoms. The van der Waals surface area contributed by atoms with Gasteiger partial charge in [0.1, 0.15) is 0 Å². The van der Waals surface area contributed by atoms with Crippen molar-refractivity contribution in [3.8, 4) is 0 Å². The molecule has 2 N–H and O–H groups in total. The number of hydrogen-bond donors (Lipinski definition) is 2. The van der Waals surface area contributed by atoms with Crippen molar-refractivity contribution in [1.82, 2.24) is 0 Å². The molecule has 0 unspecified atom stereocenters. The van der Waals surface area contributed by atoms with E-state index in [0.29, 0.717) is 5.69 Å². The lowest BCUT2D eigenvalue weighted by atomic mass is 10.3. The largest absolute Gasteiger partial charge is 0.592 e. The van der Waals surface area contributed by atoms with E-state index in [9.17, 15) is 10.0 Å². The predicted octanol–water partition coefficient (Wildman–Crippen LogP) is 1.63. The molecule has 0 aliphatic heterocycles. The van der Waals surface area contributed by atoms with Gasteiger partial charge in [-0.2, -0.15) is 0 Å². The van der Waals surface area contributed by atoms with Crippen molar-refractivity contribution in [3.05, 3.63) is 29.5 Å². The molecule has 0 atom stereocenters. The molecule has 0 spiro atoms. The second kappa shape index (κ2) is 4.22. The van der Waals surface area contributed by atoms with Gasteiger partial charge in [0.05, 0.1) is 0 Å². The molecule has 0 fully saturated rings. The second-order valence-corrected chi connectivity index (χ2v) is 2.59. The van der Waals surface area contributed by atoms with Gasteiger partial charge in [0.2, 0.25) is 16.9 Å². The summed E-state index contributed by atoms with van der Waals surface area (Å²) in [7, 11) is 0. The van der Waals surface area contributed by atoms with E-state index in [4.69, 9.17) is 5.21 Å². The molecule has 0 saturated heterocycles. The van der Waals surface area contributed by atoms with E-state index in [1.165, 1.54) is 31.2 Å². The highest BCUT2D eigenvalue weighted by molar-refractivity contribution is 5.88. The van der Waals surface area contributed by atoms with Gasteiger partial charge in [0, 0.05) is 24.7 Å². The van der Waals surface area contributed by atoms with Gasteiger partial charge in [-0.05, 0) is 17.0 Å². The van der Waals surface area contributed by atoms with Crippen molar-refractivity contribution >= 4 is 17.3 Å². The standard InChI is InChI=1S/C8H9N3O3/c1-6(12)9-7-2-4-8(5-3-7)11(14)10-13/h2-5,13H,1H3,(H,9,12)/b11-10-. The Balaban J connectivity index is 2.83. The van der Waals surface area contributed by atoms with Gasteiger partial charge < -0.3 is 15.7 Å². The van der Waals surface area contributed by atoms with Gasteiger partial charge in [-0.15, -0.1) is 0 Å². The van der Waals surface area contributed by atoms with E-state index in [-0.39, 0.29) is 16.5 Å². The molecule has 0 heterocycles. The van der Waals surface area contributed by atoms with Crippen molar-refractivity contribution in [2.24, 2.45) is 5.28 Å². The molecule has 0 saturated carbocycles. The van der Waals surface area contributed by atoms with Crippen LogP contribution >= 0.6 is 0 Å². The maximum atomic E-state index is 10.8. The number of nitrogens with one attached hydrogen (secondary N) is 1. The van der Waals surface area contributed by atoms with Crippen molar-refractivity contribution in [1.29, 1.82) is 0 Å². The Kier molecular flexibility index (Phi) is 3.01. The number of carbonyl (C=O) groups excluding carboxylic acids is 1. The Morgan fingerprint density at radius 1 is 1.50 bits per heavy atom. The van der Waals surface area contributed by atoms with E-state index in [1.807, 2.05) is 0 Å². The number of nitrogens with zero attached hydrogens (tertiary/aromatic N) is 2. The van der Waals surface area contributed by atoms with Crippen LogP contribution < -0.4 is 5.32 Å². The summed E-state index contributed by atoms with van der Waals surface area (Å²) >= 11 is 0. The van der Waals surface area contributed by atoms with Crippen LogP contribution in [0.3, 0.4) is 0 Å². The summed E-state index contributed by atoms with van der Waals surface area (Å²) in [6, 6.07) is 5.93. The Morgan fingerprint density at radius 3 is 2.50 bits per heavy atom. The molecule has 14 heavy (non-hydrogen) atoms. The Morgan fingerprint density at radius 2 is 2.07 bits per heavy atom. The van der Waals surface area contributed by atoms with Crippen LogP contribution in [-0.2, 0) is 4.79 Å². The van der Waals surface area contributed by atoms with E-state index in [2.05, 4.69) is 10.6 Å². The van der Waals surface area contributed by atoms with Crippen molar-refractivity contribution < 1.29 is 14.9 Å². The van der Waals surface area contributed by atoms with Gasteiger partial charge in [0.15, 0.2) is 0 Å². The molecular weight excluding hydrogens is 186 g/mol. The van der Waals surface area contributed by atoms with E-state index in [1.54, 1.807) is 0 Å². The molecule has 6 heteroatoms. The Bertz CT molecular complexity index is 359. The minimum absolute atomic E-state index is 0.0670. The highest BCUT2D eigenvalue weighted by Gasteiger charge is 2.03. The lowest BCUT2D eigenvalue weighted by molar-refractivity contribution is -0.473. The van der Waals surface area contributed by atoms with Gasteiger partial charge in [-0.25, -0.2) is 0 Å². The van der Waals surface area contributed by atoms with Crippen molar-refractivity contribution in [2.45, 2.75) is 6.92 Å². The van der Waals surface area contributed by atoms with Gasteiger partial charge in [-0.1, -0.05) is 0 Å². The van der Waals surface area contributed by atoms with Crippen LogP contribution in [0, 0.1) is 5.21 Å². The van der Waals surface area contributed by atoms with Crippen LogP contribution in [0.15, 0.2) is 29.5 Å². The van der Waals surface area contributed by atoms with Gasteiger partial charge >= 0.3 is 0 Å². The first-order valence-electron chi connectivity index (χ1n) is 3.83. The van der Waals surface area contributed by atoms with Crippen LogP contribution in [0.25, 0.3) is 0 Å². The first-order valence-corrected chi connectivity index (χ1v) is 3.83. The van der Waals surface area contributed by atoms with Gasteiger partial charge in [0.25, 0.3) is 0 Å². The number of carbonyl (C=O) groups is 1. The summed E-state index contributed by atoms with van der Waals surface area (Å²) in [4.78, 5) is 10.7. The molecule has 0 aliphatic carbocycles. The summed E-state index contributed by atoms with van der Waals surface area (Å²) in [5.41, 5.74) is 0.759. The molecule has 1 aromatic rings. The molecule has 74 valence electrons. The summed E-state index contributed by atoms with van der Waals surface area (Å²) in [5.74, 6) is -0.191. The maximum absolute atomic E-state index is 10.8. The minimum atomic E-state index is -0.191. The van der Waals surface area contributed by atoms with Crippen LogP contribution in [0.2, 0.25) is 0 Å². The topological polar surface area (TPSA) is 87.8 Å². The summed E-state index contributed by atoms with van der Waals surface area (Å²) < 4.78 is 0. The third-order valence-corrected chi connectivity index (χ3v) is 1.49. The Hall–Kier alpha value is -2.11. The van der Waals surface area contributed by atoms with Gasteiger partial charge in [-0.3, -0.25) is 4.79 Å². The Labute approximate surface area is 80.0 Å². The van der Waals surface area contributed by atoms with Crippen LogP contribution in [0.1, 0.15) is 6.92 Å². The fraction of sp³-hybridized carbons (Fsp3) is 0.125. The third kappa shape index (κ3) is 2.44. The minimum Gasteiger partial charge on any atom is -0.592 e. The molecule has 1 aromatic carbocycles. The first-order chi connectivity index (χ1) is 6.63. The zero-order valence-corrected chi connectivity index (χ0v) is 7.47. The second-order valence-electron chi connectivity index (χ2n) is 2.59. The molecule has 0 aliphatic rings. The monoisotopic (exact) mass is 195 g/mol. The maximum Gasteiger partial charge on any atom is 0.248 e. The molecule has 0 radical (unpaired) electrons. The number of anilines is 1. The molecule has 1 amide bonds. The lowest BCUT2D eigenvalue weighted by Gasteiger charge is -2.01. The summed E-state index contributed by atoms with van der Waals surface area (Å²) in [6.07, 6.45) is 0. The summed E-state index contributed by atoms with van der Waals surface area (Å²) in [5, 5.41) is 23.9. The molecule has 1 rings (SSSR count).